The summed E-state index contributed by atoms with van der Waals surface area (Å²) >= 11 is 3.46. The Kier molecular flexibility index (Phi) is 3.92. The number of rotatable bonds is 2. The Morgan fingerprint density at radius 2 is 2.25 bits per heavy atom. The molecular formula is C12H18BrN3. The van der Waals surface area contributed by atoms with E-state index in [0.29, 0.717) is 12.1 Å². The highest BCUT2D eigenvalue weighted by Crippen LogP contribution is 2.31. The van der Waals surface area contributed by atoms with E-state index in [1.54, 1.807) is 6.20 Å². The van der Waals surface area contributed by atoms with Crippen LogP contribution in [0.1, 0.15) is 44.8 Å². The average Bonchev–Trinajstić information content (AvgIpc) is 2.29. The van der Waals surface area contributed by atoms with Crippen LogP contribution in [0.5, 0.6) is 0 Å². The molecule has 4 heteroatoms. The van der Waals surface area contributed by atoms with Crippen LogP contribution in [0.15, 0.2) is 16.7 Å². The first-order valence-electron chi connectivity index (χ1n) is 5.92. The van der Waals surface area contributed by atoms with Crippen molar-refractivity contribution in [1.29, 1.82) is 0 Å². The maximum atomic E-state index is 4.27. The molecule has 16 heavy (non-hydrogen) atoms. The lowest BCUT2D eigenvalue weighted by Gasteiger charge is -2.38. The average molecular weight is 284 g/mol. The smallest absolute Gasteiger partial charge is 0.0814 e. The maximum Gasteiger partial charge on any atom is 0.0814 e. The van der Waals surface area contributed by atoms with Crippen LogP contribution in [0.3, 0.4) is 0 Å². The molecule has 0 aliphatic carbocycles. The molecule has 0 bridgehead atoms. The molecule has 2 rings (SSSR count). The van der Waals surface area contributed by atoms with Crippen molar-refractivity contribution >= 4 is 15.9 Å². The molecular weight excluding hydrogens is 266 g/mol. The second-order valence-corrected chi connectivity index (χ2v) is 5.56. The summed E-state index contributed by atoms with van der Waals surface area (Å²) in [6.07, 6.45) is 5.54. The zero-order valence-electron chi connectivity index (χ0n) is 9.86. The highest BCUT2D eigenvalue weighted by molar-refractivity contribution is 9.10. The number of hydrogen-bond donors (Lipinski definition) is 0. The molecule has 1 atom stereocenters. The quantitative estimate of drug-likeness (QED) is 0.835. The van der Waals surface area contributed by atoms with Crippen molar-refractivity contribution in [2.45, 2.75) is 45.2 Å². The number of halogens is 1. The molecule has 3 nitrogen and oxygen atoms in total. The van der Waals surface area contributed by atoms with Gasteiger partial charge in [-0.05, 0) is 55.2 Å². The molecule has 1 fully saturated rings. The van der Waals surface area contributed by atoms with Crippen LogP contribution < -0.4 is 0 Å². The zero-order chi connectivity index (χ0) is 11.5. The molecule has 1 aliphatic rings. The minimum absolute atomic E-state index is 0.443. The van der Waals surface area contributed by atoms with Gasteiger partial charge in [0.2, 0.25) is 0 Å². The zero-order valence-corrected chi connectivity index (χ0v) is 11.4. The SMILES string of the molecule is CC(C)N1CCCCC1c1cc(Br)cnn1. The Hall–Kier alpha value is -0.480. The van der Waals surface area contributed by atoms with Crippen molar-refractivity contribution in [3.8, 4) is 0 Å². The van der Waals surface area contributed by atoms with Gasteiger partial charge >= 0.3 is 0 Å². The molecule has 88 valence electrons. The molecule has 1 saturated heterocycles. The Morgan fingerprint density at radius 3 is 2.94 bits per heavy atom. The van der Waals surface area contributed by atoms with E-state index in [2.05, 4.69) is 50.9 Å². The van der Waals surface area contributed by atoms with Crippen molar-refractivity contribution < 1.29 is 0 Å². The molecule has 1 aromatic rings. The highest BCUT2D eigenvalue weighted by Gasteiger charge is 2.27. The monoisotopic (exact) mass is 283 g/mol. The highest BCUT2D eigenvalue weighted by atomic mass is 79.9. The van der Waals surface area contributed by atoms with Gasteiger partial charge < -0.3 is 0 Å². The van der Waals surface area contributed by atoms with E-state index in [9.17, 15) is 0 Å². The van der Waals surface area contributed by atoms with E-state index >= 15 is 0 Å². The Labute approximate surface area is 105 Å². The van der Waals surface area contributed by atoms with Crippen LogP contribution in [0.4, 0.5) is 0 Å². The van der Waals surface area contributed by atoms with Gasteiger partial charge in [-0.2, -0.15) is 10.2 Å². The molecule has 0 amide bonds. The fourth-order valence-corrected chi connectivity index (χ4v) is 2.74. The Balaban J connectivity index is 2.23. The van der Waals surface area contributed by atoms with Gasteiger partial charge in [-0.25, -0.2) is 0 Å². The second-order valence-electron chi connectivity index (χ2n) is 4.64. The third kappa shape index (κ3) is 2.61. The van der Waals surface area contributed by atoms with Crippen LogP contribution in [0, 0.1) is 0 Å². The first-order chi connectivity index (χ1) is 7.68. The largest absolute Gasteiger partial charge is 0.292 e. The Bertz CT molecular complexity index is 354. The van der Waals surface area contributed by atoms with Crippen LogP contribution in [-0.4, -0.2) is 27.7 Å². The number of piperidine rings is 1. The van der Waals surface area contributed by atoms with Crippen molar-refractivity contribution in [1.82, 2.24) is 15.1 Å². The normalized spacial score (nSPS) is 22.6. The van der Waals surface area contributed by atoms with Gasteiger partial charge in [-0.1, -0.05) is 6.42 Å². The molecule has 0 saturated carbocycles. The molecule has 0 aromatic carbocycles. The minimum atomic E-state index is 0.443. The molecule has 0 N–H and O–H groups in total. The number of hydrogen-bond acceptors (Lipinski definition) is 3. The summed E-state index contributed by atoms with van der Waals surface area (Å²) in [5.41, 5.74) is 1.10. The molecule has 1 unspecified atom stereocenters. The predicted molar refractivity (Wildman–Crippen MR) is 68.2 cm³/mol. The van der Waals surface area contributed by atoms with Gasteiger partial charge in [-0.3, -0.25) is 4.90 Å². The molecule has 0 radical (unpaired) electrons. The van der Waals surface area contributed by atoms with Gasteiger partial charge in [0.05, 0.1) is 17.9 Å². The van der Waals surface area contributed by atoms with E-state index in [4.69, 9.17) is 0 Å². The Morgan fingerprint density at radius 1 is 1.44 bits per heavy atom. The standard InChI is InChI=1S/C12H18BrN3/c1-9(2)16-6-4-3-5-12(16)11-7-10(13)8-14-15-11/h7-9,12H,3-6H2,1-2H3. The first-order valence-corrected chi connectivity index (χ1v) is 6.71. The van der Waals surface area contributed by atoms with E-state index in [1.807, 2.05) is 0 Å². The number of likely N-dealkylation sites (tertiary alicyclic amines) is 1. The van der Waals surface area contributed by atoms with Crippen LogP contribution >= 0.6 is 15.9 Å². The lowest BCUT2D eigenvalue weighted by atomic mass is 9.97. The van der Waals surface area contributed by atoms with Crippen LogP contribution in [-0.2, 0) is 0 Å². The topological polar surface area (TPSA) is 29.0 Å². The lowest BCUT2D eigenvalue weighted by molar-refractivity contribution is 0.108. The third-order valence-electron chi connectivity index (χ3n) is 3.19. The first kappa shape index (κ1) is 12.0. The minimum Gasteiger partial charge on any atom is -0.292 e. The van der Waals surface area contributed by atoms with Crippen molar-refractivity contribution in [2.24, 2.45) is 0 Å². The van der Waals surface area contributed by atoms with Crippen LogP contribution in [0.25, 0.3) is 0 Å². The molecule has 0 spiro atoms. The summed E-state index contributed by atoms with van der Waals surface area (Å²) < 4.78 is 1.02. The maximum absolute atomic E-state index is 4.27. The lowest BCUT2D eigenvalue weighted by Crippen LogP contribution is -2.38. The van der Waals surface area contributed by atoms with E-state index in [-0.39, 0.29) is 0 Å². The predicted octanol–water partition coefficient (Wildman–Crippen LogP) is 3.17. The van der Waals surface area contributed by atoms with Gasteiger partial charge in [-0.15, -0.1) is 0 Å². The van der Waals surface area contributed by atoms with Gasteiger partial charge in [0, 0.05) is 10.5 Å². The third-order valence-corrected chi connectivity index (χ3v) is 3.62. The van der Waals surface area contributed by atoms with Crippen molar-refractivity contribution in [3.63, 3.8) is 0 Å². The van der Waals surface area contributed by atoms with E-state index in [1.165, 1.54) is 25.8 Å². The van der Waals surface area contributed by atoms with Crippen LogP contribution in [0.2, 0.25) is 0 Å². The fraction of sp³-hybridized carbons (Fsp3) is 0.667. The van der Waals surface area contributed by atoms with E-state index < -0.39 is 0 Å². The number of nitrogens with zero attached hydrogens (tertiary/aromatic N) is 3. The van der Waals surface area contributed by atoms with Crippen molar-refractivity contribution in [2.75, 3.05) is 6.54 Å². The van der Waals surface area contributed by atoms with Crippen molar-refractivity contribution in [3.05, 3.63) is 22.4 Å². The summed E-state index contributed by atoms with van der Waals surface area (Å²) in [6, 6.07) is 3.11. The summed E-state index contributed by atoms with van der Waals surface area (Å²) in [5.74, 6) is 0. The summed E-state index contributed by atoms with van der Waals surface area (Å²) in [5, 5.41) is 8.30. The second kappa shape index (κ2) is 5.23. The van der Waals surface area contributed by atoms with E-state index in [0.717, 1.165) is 10.2 Å². The summed E-state index contributed by atoms with van der Waals surface area (Å²) in [6.45, 7) is 5.68. The van der Waals surface area contributed by atoms with Gasteiger partial charge in [0.15, 0.2) is 0 Å². The molecule has 1 aromatic heterocycles. The summed E-state index contributed by atoms with van der Waals surface area (Å²) in [7, 11) is 0. The fourth-order valence-electron chi connectivity index (χ4n) is 2.41. The molecule has 1 aliphatic heterocycles. The molecule has 2 heterocycles. The van der Waals surface area contributed by atoms with Gasteiger partial charge in [0.1, 0.15) is 0 Å². The number of aromatic nitrogens is 2. The van der Waals surface area contributed by atoms with Gasteiger partial charge in [0.25, 0.3) is 0 Å². The summed E-state index contributed by atoms with van der Waals surface area (Å²) in [4.78, 5) is 2.53.